The largest absolute Gasteiger partial charge is 0.489 e. The van der Waals surface area contributed by atoms with Gasteiger partial charge in [0.25, 0.3) is 0 Å². The van der Waals surface area contributed by atoms with Gasteiger partial charge >= 0.3 is 6.09 Å². The second kappa shape index (κ2) is 11.4. The molecule has 0 aliphatic carbocycles. The van der Waals surface area contributed by atoms with Crippen LogP contribution in [0.1, 0.15) is 33.6 Å². The van der Waals surface area contributed by atoms with E-state index >= 15 is 0 Å². The van der Waals surface area contributed by atoms with E-state index in [9.17, 15) is 9.18 Å². The number of carbonyl (C=O) groups excluding carboxylic acids is 1. The van der Waals surface area contributed by atoms with Gasteiger partial charge in [0.2, 0.25) is 0 Å². The number of nitrogens with one attached hydrogen (secondary N) is 2. The van der Waals surface area contributed by atoms with Crippen molar-refractivity contribution in [1.82, 2.24) is 15.5 Å². The molecule has 7 nitrogen and oxygen atoms in total. The number of rotatable bonds is 7. The lowest BCUT2D eigenvalue weighted by molar-refractivity contribution is 0.0963. The van der Waals surface area contributed by atoms with Gasteiger partial charge in [0.1, 0.15) is 17.7 Å². The molecule has 1 unspecified atom stereocenters. The maximum absolute atomic E-state index is 13.0. The molecule has 1 aromatic rings. The Morgan fingerprint density at radius 1 is 1.29 bits per heavy atom. The lowest BCUT2D eigenvalue weighted by atomic mass is 10.1. The summed E-state index contributed by atoms with van der Waals surface area (Å²) in [5.74, 6) is 1.06. The van der Waals surface area contributed by atoms with E-state index in [1.165, 1.54) is 12.1 Å². The predicted octanol–water partition coefficient (Wildman–Crippen LogP) is 2.77. The summed E-state index contributed by atoms with van der Waals surface area (Å²) in [6, 6.07) is 6.21. The van der Waals surface area contributed by atoms with Gasteiger partial charge in [-0.25, -0.2) is 14.2 Å². The fraction of sp³-hybridized carbons (Fsp3) is 0.600. The van der Waals surface area contributed by atoms with Crippen molar-refractivity contribution in [2.24, 2.45) is 4.99 Å². The van der Waals surface area contributed by atoms with E-state index in [-0.39, 0.29) is 24.1 Å². The first-order valence-corrected chi connectivity index (χ1v) is 9.90. The van der Waals surface area contributed by atoms with Crippen molar-refractivity contribution in [3.63, 3.8) is 0 Å². The molecule has 1 heterocycles. The molecule has 1 saturated heterocycles. The Morgan fingerprint density at radius 3 is 2.57 bits per heavy atom. The van der Waals surface area contributed by atoms with Crippen molar-refractivity contribution in [3.8, 4) is 5.75 Å². The SMILES string of the molecule is CCNC(=NCC(C)Oc1ccc(F)cc1)NC1CCN(C(=O)OCC)CC1. The highest BCUT2D eigenvalue weighted by molar-refractivity contribution is 5.80. The standard InChI is InChI=1S/C20H31FN4O3/c1-4-22-19(23-14-15(3)28-18-8-6-16(21)7-9-18)24-17-10-12-25(13-11-17)20(26)27-5-2/h6-9,15,17H,4-5,10-14H2,1-3H3,(H2,22,23,24). The molecule has 0 radical (unpaired) electrons. The third kappa shape index (κ3) is 7.25. The van der Waals surface area contributed by atoms with E-state index in [0.717, 1.165) is 25.3 Å². The molecule has 1 amide bonds. The van der Waals surface area contributed by atoms with Crippen molar-refractivity contribution < 1.29 is 18.7 Å². The maximum Gasteiger partial charge on any atom is 0.409 e. The zero-order valence-corrected chi connectivity index (χ0v) is 16.9. The zero-order valence-electron chi connectivity index (χ0n) is 16.9. The summed E-state index contributed by atoms with van der Waals surface area (Å²) in [5.41, 5.74) is 0. The fourth-order valence-electron chi connectivity index (χ4n) is 2.94. The second-order valence-electron chi connectivity index (χ2n) is 6.71. The first kappa shape index (κ1) is 21.8. The molecule has 156 valence electrons. The van der Waals surface area contributed by atoms with Crippen LogP contribution in [0.4, 0.5) is 9.18 Å². The van der Waals surface area contributed by atoms with E-state index in [4.69, 9.17) is 9.47 Å². The Labute approximate surface area is 166 Å². The lowest BCUT2D eigenvalue weighted by Crippen LogP contribution is -2.50. The Kier molecular flexibility index (Phi) is 8.84. The predicted molar refractivity (Wildman–Crippen MR) is 107 cm³/mol. The molecule has 0 bridgehead atoms. The van der Waals surface area contributed by atoms with E-state index in [2.05, 4.69) is 15.6 Å². The van der Waals surface area contributed by atoms with Crippen molar-refractivity contribution in [1.29, 1.82) is 0 Å². The molecule has 1 aliphatic heterocycles. The summed E-state index contributed by atoms with van der Waals surface area (Å²) in [7, 11) is 0. The molecule has 0 spiro atoms. The zero-order chi connectivity index (χ0) is 20.4. The molecule has 2 rings (SSSR count). The molecular weight excluding hydrogens is 363 g/mol. The number of ether oxygens (including phenoxy) is 2. The van der Waals surface area contributed by atoms with Gasteiger partial charge in [0.15, 0.2) is 5.96 Å². The first-order valence-electron chi connectivity index (χ1n) is 9.90. The van der Waals surface area contributed by atoms with Gasteiger partial charge in [-0.15, -0.1) is 0 Å². The van der Waals surface area contributed by atoms with Crippen LogP contribution in [0.5, 0.6) is 5.75 Å². The fourth-order valence-corrected chi connectivity index (χ4v) is 2.94. The average molecular weight is 394 g/mol. The van der Waals surface area contributed by atoms with Crippen LogP contribution in [0, 0.1) is 5.82 Å². The molecule has 0 saturated carbocycles. The number of amides is 1. The molecule has 28 heavy (non-hydrogen) atoms. The Hall–Kier alpha value is -2.51. The van der Waals surface area contributed by atoms with Crippen molar-refractivity contribution >= 4 is 12.1 Å². The normalized spacial score (nSPS) is 16.4. The quantitative estimate of drug-likeness (QED) is 0.549. The molecule has 0 aromatic heterocycles. The van der Waals surface area contributed by atoms with Crippen LogP contribution in [0.3, 0.4) is 0 Å². The summed E-state index contributed by atoms with van der Waals surface area (Å²) < 4.78 is 23.8. The van der Waals surface area contributed by atoms with Crippen LogP contribution in [0.25, 0.3) is 0 Å². The first-order chi connectivity index (χ1) is 13.5. The maximum atomic E-state index is 13.0. The number of carbonyl (C=O) groups is 1. The molecule has 1 aliphatic rings. The lowest BCUT2D eigenvalue weighted by Gasteiger charge is -2.32. The molecule has 2 N–H and O–H groups in total. The third-order valence-corrected chi connectivity index (χ3v) is 4.36. The Morgan fingerprint density at radius 2 is 1.96 bits per heavy atom. The van der Waals surface area contributed by atoms with Crippen LogP contribution in [0.15, 0.2) is 29.3 Å². The van der Waals surface area contributed by atoms with Gasteiger partial charge in [-0.05, 0) is 57.9 Å². The number of guanidine groups is 1. The average Bonchev–Trinajstić information content (AvgIpc) is 2.69. The van der Waals surface area contributed by atoms with Crippen LogP contribution < -0.4 is 15.4 Å². The monoisotopic (exact) mass is 394 g/mol. The summed E-state index contributed by atoms with van der Waals surface area (Å²) in [5, 5.41) is 6.67. The van der Waals surface area contributed by atoms with Gasteiger partial charge in [0, 0.05) is 25.7 Å². The van der Waals surface area contributed by atoms with Crippen LogP contribution in [-0.4, -0.2) is 61.9 Å². The van der Waals surface area contributed by atoms with Gasteiger partial charge in [-0.2, -0.15) is 0 Å². The molecule has 1 aromatic carbocycles. The molecule has 1 atom stereocenters. The minimum Gasteiger partial charge on any atom is -0.489 e. The number of aliphatic imine (C=N–C) groups is 1. The molecular formula is C20H31FN4O3. The highest BCUT2D eigenvalue weighted by Crippen LogP contribution is 2.13. The molecule has 1 fully saturated rings. The van der Waals surface area contributed by atoms with Crippen LogP contribution in [-0.2, 0) is 4.74 Å². The summed E-state index contributed by atoms with van der Waals surface area (Å²) >= 11 is 0. The highest BCUT2D eigenvalue weighted by Gasteiger charge is 2.24. The van der Waals surface area contributed by atoms with Gasteiger partial charge < -0.3 is 25.0 Å². The molecule has 8 heteroatoms. The second-order valence-corrected chi connectivity index (χ2v) is 6.71. The minimum absolute atomic E-state index is 0.147. The van der Waals surface area contributed by atoms with Gasteiger partial charge in [-0.3, -0.25) is 0 Å². The summed E-state index contributed by atoms with van der Waals surface area (Å²) in [6.07, 6.45) is 1.29. The van der Waals surface area contributed by atoms with Gasteiger partial charge in [0.05, 0.1) is 13.2 Å². The van der Waals surface area contributed by atoms with Gasteiger partial charge in [-0.1, -0.05) is 0 Å². The van der Waals surface area contributed by atoms with E-state index in [1.54, 1.807) is 17.0 Å². The number of hydrogen-bond donors (Lipinski definition) is 2. The number of hydrogen-bond acceptors (Lipinski definition) is 4. The van der Waals surface area contributed by atoms with Crippen molar-refractivity contribution in [3.05, 3.63) is 30.1 Å². The number of nitrogens with zero attached hydrogens (tertiary/aromatic N) is 2. The minimum atomic E-state index is -0.286. The van der Waals surface area contributed by atoms with E-state index in [0.29, 0.717) is 32.0 Å². The summed E-state index contributed by atoms with van der Waals surface area (Å²) in [4.78, 5) is 18.1. The number of benzene rings is 1. The number of likely N-dealkylation sites (tertiary alicyclic amines) is 1. The van der Waals surface area contributed by atoms with Crippen molar-refractivity contribution in [2.45, 2.75) is 45.8 Å². The van der Waals surface area contributed by atoms with E-state index in [1.807, 2.05) is 20.8 Å². The topological polar surface area (TPSA) is 75.2 Å². The smallest absolute Gasteiger partial charge is 0.409 e. The Bertz CT molecular complexity index is 631. The van der Waals surface area contributed by atoms with Crippen LogP contribution >= 0.6 is 0 Å². The number of halogens is 1. The van der Waals surface area contributed by atoms with Crippen molar-refractivity contribution in [2.75, 3.05) is 32.8 Å². The highest BCUT2D eigenvalue weighted by atomic mass is 19.1. The summed E-state index contributed by atoms with van der Waals surface area (Å²) in [6.45, 7) is 8.70. The van der Waals surface area contributed by atoms with Crippen LogP contribution in [0.2, 0.25) is 0 Å². The number of piperidine rings is 1. The third-order valence-electron chi connectivity index (χ3n) is 4.36. The van der Waals surface area contributed by atoms with E-state index < -0.39 is 0 Å². The Balaban J connectivity index is 1.81.